The molecule has 1 unspecified atom stereocenters. The third-order valence-electron chi connectivity index (χ3n) is 3.41. The molecule has 0 amide bonds. The van der Waals surface area contributed by atoms with Crippen LogP contribution in [0.4, 0.5) is 5.13 Å². The molecule has 0 radical (unpaired) electrons. The number of anilines is 1. The summed E-state index contributed by atoms with van der Waals surface area (Å²) < 4.78 is 5.11. The summed E-state index contributed by atoms with van der Waals surface area (Å²) in [6, 6.07) is 0.480. The van der Waals surface area contributed by atoms with Crippen molar-refractivity contribution in [2.24, 2.45) is 0 Å². The minimum atomic E-state index is -0.820. The first-order valence-corrected chi connectivity index (χ1v) is 7.39. The lowest BCUT2D eigenvalue weighted by molar-refractivity contribution is -0.136. The molecule has 0 saturated carbocycles. The van der Waals surface area contributed by atoms with Gasteiger partial charge in [0.25, 0.3) is 0 Å². The fourth-order valence-corrected chi connectivity index (χ4v) is 3.58. The van der Waals surface area contributed by atoms with E-state index in [1.54, 1.807) is 7.11 Å². The van der Waals surface area contributed by atoms with Gasteiger partial charge in [-0.05, 0) is 26.2 Å². The minimum absolute atomic E-state index is 0.0264. The maximum absolute atomic E-state index is 10.9. The maximum atomic E-state index is 10.9. The van der Waals surface area contributed by atoms with Gasteiger partial charge in [-0.15, -0.1) is 11.3 Å². The number of ether oxygens (including phenoxy) is 1. The van der Waals surface area contributed by atoms with Crippen molar-refractivity contribution in [1.82, 2.24) is 4.98 Å². The predicted octanol–water partition coefficient (Wildman–Crippen LogP) is 2.30. The first-order valence-electron chi connectivity index (χ1n) is 6.57. The van der Waals surface area contributed by atoms with Crippen molar-refractivity contribution in [3.8, 4) is 0 Å². The van der Waals surface area contributed by atoms with Crippen molar-refractivity contribution in [1.29, 1.82) is 0 Å². The Morgan fingerprint density at radius 2 is 2.37 bits per heavy atom. The lowest BCUT2D eigenvalue weighted by Gasteiger charge is -2.33. The van der Waals surface area contributed by atoms with Gasteiger partial charge < -0.3 is 14.7 Å². The van der Waals surface area contributed by atoms with E-state index in [1.807, 2.05) is 0 Å². The van der Waals surface area contributed by atoms with Crippen molar-refractivity contribution in [3.63, 3.8) is 0 Å². The molecule has 1 aliphatic rings. The van der Waals surface area contributed by atoms with E-state index < -0.39 is 5.97 Å². The van der Waals surface area contributed by atoms with Gasteiger partial charge in [-0.25, -0.2) is 4.98 Å². The van der Waals surface area contributed by atoms with Gasteiger partial charge in [-0.2, -0.15) is 0 Å². The molecule has 0 aliphatic carbocycles. The highest BCUT2D eigenvalue weighted by molar-refractivity contribution is 7.15. The molecule has 2 heterocycles. The highest BCUT2D eigenvalue weighted by Gasteiger charge is 2.23. The van der Waals surface area contributed by atoms with Crippen LogP contribution in [0.2, 0.25) is 0 Å². The molecule has 0 bridgehead atoms. The Morgan fingerprint density at radius 3 is 3.00 bits per heavy atom. The minimum Gasteiger partial charge on any atom is -0.481 e. The molecule has 1 aromatic rings. The van der Waals surface area contributed by atoms with E-state index >= 15 is 0 Å². The molecular formula is C13H20N2O3S. The summed E-state index contributed by atoms with van der Waals surface area (Å²) in [4.78, 5) is 18.6. The number of carboxylic acids is 1. The number of rotatable bonds is 5. The molecule has 0 aromatic carbocycles. The average molecular weight is 284 g/mol. The van der Waals surface area contributed by atoms with Crippen LogP contribution >= 0.6 is 11.3 Å². The third kappa shape index (κ3) is 3.45. The van der Waals surface area contributed by atoms with Crippen LogP contribution < -0.4 is 4.90 Å². The fraction of sp³-hybridized carbons (Fsp3) is 0.692. The van der Waals surface area contributed by atoms with Gasteiger partial charge in [0.15, 0.2) is 5.13 Å². The zero-order chi connectivity index (χ0) is 13.8. The SMILES string of the molecule is COCc1nc(N2CCCCC2C)sc1CC(=O)O. The van der Waals surface area contributed by atoms with Crippen molar-refractivity contribution in [2.75, 3.05) is 18.6 Å². The summed E-state index contributed by atoms with van der Waals surface area (Å²) in [5, 5.41) is 9.90. The Hall–Kier alpha value is -1.14. The first-order chi connectivity index (χ1) is 9.11. The number of aromatic nitrogens is 1. The van der Waals surface area contributed by atoms with E-state index in [0.717, 1.165) is 22.2 Å². The van der Waals surface area contributed by atoms with E-state index in [9.17, 15) is 4.79 Å². The van der Waals surface area contributed by atoms with Crippen molar-refractivity contribution in [2.45, 2.75) is 45.3 Å². The Kier molecular flexibility index (Phi) is 4.76. The van der Waals surface area contributed by atoms with Crippen molar-refractivity contribution < 1.29 is 14.6 Å². The second-order valence-electron chi connectivity index (χ2n) is 4.91. The normalized spacial score (nSPS) is 19.7. The summed E-state index contributed by atoms with van der Waals surface area (Å²) in [5.74, 6) is -0.820. The molecule has 19 heavy (non-hydrogen) atoms. The second kappa shape index (κ2) is 6.34. The largest absolute Gasteiger partial charge is 0.481 e. The molecule has 106 valence electrons. The standard InChI is InChI=1S/C13H20N2O3S/c1-9-5-3-4-6-15(9)13-14-10(8-18-2)11(19-13)7-12(16)17/h9H,3-8H2,1-2H3,(H,16,17). The van der Waals surface area contributed by atoms with Crippen LogP contribution in [0.15, 0.2) is 0 Å². The summed E-state index contributed by atoms with van der Waals surface area (Å²) >= 11 is 1.49. The Bertz CT molecular complexity index is 447. The maximum Gasteiger partial charge on any atom is 0.308 e. The van der Waals surface area contributed by atoms with Crippen molar-refractivity contribution >= 4 is 22.4 Å². The lowest BCUT2D eigenvalue weighted by Crippen LogP contribution is -2.37. The predicted molar refractivity (Wildman–Crippen MR) is 74.8 cm³/mol. The van der Waals surface area contributed by atoms with Crippen LogP contribution in [-0.2, 0) is 22.6 Å². The zero-order valence-corrected chi connectivity index (χ0v) is 12.2. The van der Waals surface area contributed by atoms with Crippen LogP contribution in [0, 0.1) is 0 Å². The number of nitrogens with zero attached hydrogens (tertiary/aromatic N) is 2. The van der Waals surface area contributed by atoms with Gasteiger partial charge >= 0.3 is 5.97 Å². The molecule has 1 atom stereocenters. The van der Waals surface area contributed by atoms with Crippen LogP contribution in [0.1, 0.15) is 36.8 Å². The summed E-state index contributed by atoms with van der Waals surface area (Å²) in [6.07, 6.45) is 3.64. The Labute approximate surface area is 117 Å². The molecule has 0 spiro atoms. The lowest BCUT2D eigenvalue weighted by atomic mass is 10.1. The number of hydrogen-bond donors (Lipinski definition) is 1. The molecule has 1 aliphatic heterocycles. The Balaban J connectivity index is 2.22. The van der Waals surface area contributed by atoms with Crippen LogP contribution in [0.5, 0.6) is 0 Å². The van der Waals surface area contributed by atoms with Gasteiger partial charge in [0.2, 0.25) is 0 Å². The molecule has 6 heteroatoms. The highest BCUT2D eigenvalue weighted by Crippen LogP contribution is 2.31. The van der Waals surface area contributed by atoms with E-state index in [-0.39, 0.29) is 6.42 Å². The van der Waals surface area contributed by atoms with Gasteiger partial charge in [0, 0.05) is 24.6 Å². The summed E-state index contributed by atoms with van der Waals surface area (Å²) in [5.41, 5.74) is 0.766. The number of hydrogen-bond acceptors (Lipinski definition) is 5. The smallest absolute Gasteiger partial charge is 0.308 e. The van der Waals surface area contributed by atoms with Gasteiger partial charge in [0.1, 0.15) is 0 Å². The molecule has 5 nitrogen and oxygen atoms in total. The number of aliphatic carboxylic acids is 1. The van der Waals surface area contributed by atoms with E-state index in [4.69, 9.17) is 9.84 Å². The van der Waals surface area contributed by atoms with Gasteiger partial charge in [-0.3, -0.25) is 4.79 Å². The zero-order valence-electron chi connectivity index (χ0n) is 11.4. The van der Waals surface area contributed by atoms with Crippen LogP contribution in [0.3, 0.4) is 0 Å². The fourth-order valence-electron chi connectivity index (χ4n) is 2.40. The van der Waals surface area contributed by atoms with E-state index in [2.05, 4.69) is 16.8 Å². The topological polar surface area (TPSA) is 62.7 Å². The van der Waals surface area contributed by atoms with E-state index in [1.165, 1.54) is 30.6 Å². The summed E-state index contributed by atoms with van der Waals surface area (Å²) in [7, 11) is 1.60. The third-order valence-corrected chi connectivity index (χ3v) is 4.54. The molecular weight excluding hydrogens is 264 g/mol. The van der Waals surface area contributed by atoms with Crippen LogP contribution in [-0.4, -0.2) is 35.8 Å². The van der Waals surface area contributed by atoms with Crippen molar-refractivity contribution in [3.05, 3.63) is 10.6 Å². The number of carbonyl (C=O) groups is 1. The number of thiazole rings is 1. The molecule has 1 aromatic heterocycles. The average Bonchev–Trinajstić information content (AvgIpc) is 2.72. The van der Waals surface area contributed by atoms with Gasteiger partial charge in [0.05, 0.1) is 18.7 Å². The molecule has 1 saturated heterocycles. The van der Waals surface area contributed by atoms with Crippen LogP contribution in [0.25, 0.3) is 0 Å². The molecule has 2 rings (SSSR count). The first kappa shape index (κ1) is 14.3. The number of methoxy groups -OCH3 is 1. The molecule has 1 N–H and O–H groups in total. The second-order valence-corrected chi connectivity index (χ2v) is 5.97. The van der Waals surface area contributed by atoms with E-state index in [0.29, 0.717) is 12.6 Å². The number of carboxylic acid groups (broad SMARTS) is 1. The highest BCUT2D eigenvalue weighted by atomic mass is 32.1. The monoisotopic (exact) mass is 284 g/mol. The molecule has 1 fully saturated rings. The summed E-state index contributed by atoms with van der Waals surface area (Å²) in [6.45, 7) is 3.59. The number of piperidine rings is 1. The van der Waals surface area contributed by atoms with Gasteiger partial charge in [-0.1, -0.05) is 0 Å². The Morgan fingerprint density at radius 1 is 1.58 bits per heavy atom. The quantitative estimate of drug-likeness (QED) is 0.899.